The van der Waals surface area contributed by atoms with Crippen LogP contribution < -0.4 is 18.9 Å². The molecule has 36 heavy (non-hydrogen) atoms. The monoisotopic (exact) mass is 492 g/mol. The Labute approximate surface area is 204 Å². The molecule has 0 radical (unpaired) electrons. The molecule has 0 unspecified atom stereocenters. The number of aromatic hydroxyl groups is 4. The molecule has 0 heterocycles. The Kier molecular flexibility index (Phi) is 6.42. The number of carbonyl (C=O) groups excluding carboxylic acids is 2. The Balaban J connectivity index is 1.68. The van der Waals surface area contributed by atoms with Crippen LogP contribution in [0.4, 0.5) is 0 Å². The second-order valence-corrected chi connectivity index (χ2v) is 7.51. The molecule has 0 bridgehead atoms. The fraction of sp³-hybridized carbons (Fsp3) is 0.0769. The smallest absolute Gasteiger partial charge is 0.343 e. The number of benzene rings is 4. The lowest BCUT2D eigenvalue weighted by molar-refractivity contribution is 0.0733. The lowest BCUT2D eigenvalue weighted by atomic mass is 10.1. The summed E-state index contributed by atoms with van der Waals surface area (Å²) in [5.41, 5.74) is -0.194. The summed E-state index contributed by atoms with van der Waals surface area (Å²) in [6.07, 6.45) is 0. The number of fused-ring (bicyclic) bond motifs is 1. The van der Waals surface area contributed by atoms with Crippen LogP contribution in [0.2, 0.25) is 0 Å². The summed E-state index contributed by atoms with van der Waals surface area (Å²) in [6.45, 7) is 0. The maximum absolute atomic E-state index is 12.8. The van der Waals surface area contributed by atoms with Gasteiger partial charge in [0.25, 0.3) is 0 Å². The quantitative estimate of drug-likeness (QED) is 0.176. The van der Waals surface area contributed by atoms with Crippen LogP contribution in [0, 0.1) is 0 Å². The largest absolute Gasteiger partial charge is 0.504 e. The fourth-order valence-electron chi connectivity index (χ4n) is 3.45. The molecular weight excluding hydrogens is 472 g/mol. The number of hydrogen-bond donors (Lipinski definition) is 4. The van der Waals surface area contributed by atoms with Gasteiger partial charge in [-0.1, -0.05) is 24.3 Å². The van der Waals surface area contributed by atoms with Gasteiger partial charge in [0, 0.05) is 11.5 Å². The molecule has 0 saturated heterocycles. The molecule has 4 N–H and O–H groups in total. The standard InChI is InChI=1S/C26H20O10/c1-33-21-10-14(8-18(27)23(21)29)25(31)35-16-7-13-5-3-4-6-17(13)20(12-16)36-26(32)15-9-19(28)24(30)22(11-15)34-2/h3-12,27-30H,1-2H3. The van der Waals surface area contributed by atoms with Gasteiger partial charge in [0.05, 0.1) is 25.3 Å². The average Bonchev–Trinajstić information content (AvgIpc) is 2.87. The molecule has 0 saturated carbocycles. The van der Waals surface area contributed by atoms with E-state index < -0.39 is 34.9 Å². The van der Waals surface area contributed by atoms with Crippen molar-refractivity contribution in [2.75, 3.05) is 14.2 Å². The summed E-state index contributed by atoms with van der Waals surface area (Å²) in [5, 5.41) is 40.4. The van der Waals surface area contributed by atoms with Gasteiger partial charge in [0.1, 0.15) is 11.5 Å². The van der Waals surface area contributed by atoms with Crippen LogP contribution >= 0.6 is 0 Å². The van der Waals surface area contributed by atoms with E-state index in [9.17, 15) is 30.0 Å². The number of esters is 2. The van der Waals surface area contributed by atoms with Crippen LogP contribution in [0.5, 0.6) is 46.0 Å². The average molecular weight is 492 g/mol. The van der Waals surface area contributed by atoms with Crippen molar-refractivity contribution < 1.29 is 49.0 Å². The first-order valence-electron chi connectivity index (χ1n) is 10.4. The number of rotatable bonds is 6. The Bertz CT molecular complexity index is 1490. The van der Waals surface area contributed by atoms with Crippen LogP contribution in [0.15, 0.2) is 60.7 Å². The third-order valence-corrected chi connectivity index (χ3v) is 5.23. The summed E-state index contributed by atoms with van der Waals surface area (Å²) >= 11 is 0. The van der Waals surface area contributed by atoms with Crippen molar-refractivity contribution in [1.29, 1.82) is 0 Å². The van der Waals surface area contributed by atoms with Gasteiger partial charge in [-0.05, 0) is 35.7 Å². The first-order valence-corrected chi connectivity index (χ1v) is 10.4. The van der Waals surface area contributed by atoms with E-state index in [2.05, 4.69) is 0 Å². The molecule has 0 aliphatic carbocycles. The molecule has 0 spiro atoms. The highest BCUT2D eigenvalue weighted by Gasteiger charge is 2.20. The molecule has 0 aliphatic heterocycles. The van der Waals surface area contributed by atoms with E-state index >= 15 is 0 Å². The predicted molar refractivity (Wildman–Crippen MR) is 127 cm³/mol. The van der Waals surface area contributed by atoms with E-state index in [0.717, 1.165) is 12.1 Å². The molecule has 0 atom stereocenters. The zero-order valence-electron chi connectivity index (χ0n) is 19.0. The summed E-state index contributed by atoms with van der Waals surface area (Å²) in [4.78, 5) is 25.6. The van der Waals surface area contributed by atoms with Gasteiger partial charge in [0.2, 0.25) is 11.5 Å². The summed E-state index contributed by atoms with van der Waals surface area (Å²) in [5.74, 6) is -4.09. The van der Waals surface area contributed by atoms with E-state index in [1.807, 2.05) is 0 Å². The molecule has 4 rings (SSSR count). The molecule has 10 heteroatoms. The van der Waals surface area contributed by atoms with E-state index in [1.54, 1.807) is 30.3 Å². The van der Waals surface area contributed by atoms with Crippen LogP contribution in [-0.2, 0) is 0 Å². The van der Waals surface area contributed by atoms with Gasteiger partial charge in [0.15, 0.2) is 23.0 Å². The minimum Gasteiger partial charge on any atom is -0.504 e. The van der Waals surface area contributed by atoms with Crippen molar-refractivity contribution >= 4 is 22.7 Å². The molecular formula is C26H20O10. The maximum Gasteiger partial charge on any atom is 0.343 e. The van der Waals surface area contributed by atoms with E-state index in [-0.39, 0.29) is 34.1 Å². The van der Waals surface area contributed by atoms with Gasteiger partial charge >= 0.3 is 11.9 Å². The van der Waals surface area contributed by atoms with Gasteiger partial charge in [-0.2, -0.15) is 0 Å². The Morgan fingerprint density at radius 1 is 0.639 bits per heavy atom. The Morgan fingerprint density at radius 3 is 1.72 bits per heavy atom. The molecule has 10 nitrogen and oxygen atoms in total. The van der Waals surface area contributed by atoms with Gasteiger partial charge in [-0.25, -0.2) is 9.59 Å². The molecule has 0 amide bonds. The fourth-order valence-corrected chi connectivity index (χ4v) is 3.45. The molecule has 0 aliphatic rings. The highest BCUT2D eigenvalue weighted by atomic mass is 16.5. The molecule has 184 valence electrons. The number of hydrogen-bond acceptors (Lipinski definition) is 10. The molecule has 4 aromatic rings. The van der Waals surface area contributed by atoms with Gasteiger partial charge in [-0.3, -0.25) is 0 Å². The van der Waals surface area contributed by atoms with Crippen molar-refractivity contribution in [1.82, 2.24) is 0 Å². The zero-order chi connectivity index (χ0) is 26.0. The SMILES string of the molecule is COc1cc(C(=O)Oc2cc(OC(=O)c3cc(O)c(O)c(OC)c3)c3ccccc3c2)cc(O)c1O. The second kappa shape index (κ2) is 9.63. The van der Waals surface area contributed by atoms with Crippen LogP contribution in [-0.4, -0.2) is 46.6 Å². The Hall–Kier alpha value is -5.12. The first-order chi connectivity index (χ1) is 17.2. The number of carbonyl (C=O) groups is 2. The normalized spacial score (nSPS) is 10.6. The van der Waals surface area contributed by atoms with Crippen molar-refractivity contribution in [2.45, 2.75) is 0 Å². The van der Waals surface area contributed by atoms with Crippen LogP contribution in [0.1, 0.15) is 20.7 Å². The Morgan fingerprint density at radius 2 is 1.17 bits per heavy atom. The second-order valence-electron chi connectivity index (χ2n) is 7.51. The third kappa shape index (κ3) is 4.60. The molecule has 0 aromatic heterocycles. The number of ether oxygens (including phenoxy) is 4. The van der Waals surface area contributed by atoms with Crippen LogP contribution in [0.3, 0.4) is 0 Å². The first kappa shape index (κ1) is 24.0. The third-order valence-electron chi connectivity index (χ3n) is 5.23. The van der Waals surface area contributed by atoms with Gasteiger partial charge < -0.3 is 39.4 Å². The highest BCUT2D eigenvalue weighted by molar-refractivity contribution is 5.98. The van der Waals surface area contributed by atoms with Crippen molar-refractivity contribution in [2.24, 2.45) is 0 Å². The minimum absolute atomic E-state index is 0.0270. The summed E-state index contributed by atoms with van der Waals surface area (Å²) in [7, 11) is 2.52. The van der Waals surface area contributed by atoms with E-state index in [1.165, 1.54) is 32.4 Å². The zero-order valence-corrected chi connectivity index (χ0v) is 19.0. The van der Waals surface area contributed by atoms with E-state index in [4.69, 9.17) is 18.9 Å². The van der Waals surface area contributed by atoms with Crippen LogP contribution in [0.25, 0.3) is 10.8 Å². The van der Waals surface area contributed by atoms with Crippen molar-refractivity contribution in [3.8, 4) is 46.0 Å². The van der Waals surface area contributed by atoms with E-state index in [0.29, 0.717) is 10.8 Å². The maximum atomic E-state index is 12.8. The van der Waals surface area contributed by atoms with Gasteiger partial charge in [-0.15, -0.1) is 0 Å². The summed E-state index contributed by atoms with van der Waals surface area (Å²) < 4.78 is 20.9. The lowest BCUT2D eigenvalue weighted by Crippen LogP contribution is -2.11. The lowest BCUT2D eigenvalue weighted by Gasteiger charge is -2.13. The topological polar surface area (TPSA) is 152 Å². The minimum atomic E-state index is -0.871. The molecule has 4 aromatic carbocycles. The predicted octanol–water partition coefficient (Wildman–Crippen LogP) is 4.12. The highest BCUT2D eigenvalue weighted by Crippen LogP contribution is 2.39. The summed E-state index contributed by atoms with van der Waals surface area (Å²) in [6, 6.07) is 14.2. The van der Waals surface area contributed by atoms with Crippen molar-refractivity contribution in [3.05, 3.63) is 71.8 Å². The van der Waals surface area contributed by atoms with Crippen molar-refractivity contribution in [3.63, 3.8) is 0 Å². The number of phenols is 4. The molecule has 0 fully saturated rings. The number of phenolic OH excluding ortho intramolecular Hbond substituents is 4. The number of methoxy groups -OCH3 is 2.